The number of benzene rings is 1. The molecule has 6 nitrogen and oxygen atoms in total. The van der Waals surface area contributed by atoms with Crippen molar-refractivity contribution in [3.63, 3.8) is 0 Å². The van der Waals surface area contributed by atoms with Gasteiger partial charge in [-0.3, -0.25) is 4.79 Å². The Hall–Kier alpha value is -2.12. The Labute approximate surface area is 161 Å². The van der Waals surface area contributed by atoms with Gasteiger partial charge in [0, 0.05) is 32.0 Å². The Balaban J connectivity index is 1.84. The van der Waals surface area contributed by atoms with E-state index < -0.39 is 10.0 Å². The van der Waals surface area contributed by atoms with Crippen molar-refractivity contribution in [1.82, 2.24) is 8.87 Å². The van der Waals surface area contributed by atoms with Crippen molar-refractivity contribution in [3.05, 3.63) is 47.8 Å². The zero-order valence-corrected chi connectivity index (χ0v) is 16.8. The Morgan fingerprint density at radius 2 is 1.78 bits per heavy atom. The van der Waals surface area contributed by atoms with E-state index in [1.165, 1.54) is 12.3 Å². The van der Waals surface area contributed by atoms with E-state index in [0.717, 1.165) is 43.4 Å². The minimum Gasteiger partial charge on any atom is -0.345 e. The summed E-state index contributed by atoms with van der Waals surface area (Å²) in [4.78, 5) is 12.9. The van der Waals surface area contributed by atoms with Crippen LogP contribution in [0.4, 0.5) is 5.69 Å². The fraction of sp³-hybridized carbons (Fsp3) is 0.450. The number of rotatable bonds is 5. The van der Waals surface area contributed by atoms with Crippen LogP contribution in [0.3, 0.4) is 0 Å². The van der Waals surface area contributed by atoms with Gasteiger partial charge in [-0.15, -0.1) is 0 Å². The lowest BCUT2D eigenvalue weighted by Crippen LogP contribution is -2.31. The maximum Gasteiger partial charge on any atom is 0.272 e. The second-order valence-electron chi connectivity index (χ2n) is 6.96. The summed E-state index contributed by atoms with van der Waals surface area (Å²) < 4.78 is 29.1. The SMILES string of the molecule is CCc1ccccc1NC(=O)c1cc(S(=O)(=O)N2CCCCCC2)cn1C. The summed E-state index contributed by atoms with van der Waals surface area (Å²) in [5.74, 6) is -0.310. The van der Waals surface area contributed by atoms with E-state index >= 15 is 0 Å². The summed E-state index contributed by atoms with van der Waals surface area (Å²) in [6, 6.07) is 9.10. The molecule has 0 aliphatic carbocycles. The van der Waals surface area contributed by atoms with Crippen LogP contribution in [0.1, 0.15) is 48.7 Å². The molecule has 1 amide bonds. The van der Waals surface area contributed by atoms with Gasteiger partial charge in [-0.25, -0.2) is 8.42 Å². The zero-order valence-electron chi connectivity index (χ0n) is 15.9. The molecule has 0 spiro atoms. The van der Waals surface area contributed by atoms with Gasteiger partial charge in [-0.2, -0.15) is 4.31 Å². The van der Waals surface area contributed by atoms with E-state index in [0.29, 0.717) is 18.8 Å². The van der Waals surface area contributed by atoms with Crippen molar-refractivity contribution in [3.8, 4) is 0 Å². The topological polar surface area (TPSA) is 71.4 Å². The van der Waals surface area contributed by atoms with Gasteiger partial charge in [0.2, 0.25) is 10.0 Å². The molecule has 1 saturated heterocycles. The van der Waals surface area contributed by atoms with E-state index in [2.05, 4.69) is 5.32 Å². The molecule has 1 aromatic heterocycles. The van der Waals surface area contributed by atoms with Crippen molar-refractivity contribution in [2.75, 3.05) is 18.4 Å². The highest BCUT2D eigenvalue weighted by Gasteiger charge is 2.28. The van der Waals surface area contributed by atoms with E-state index in [1.807, 2.05) is 31.2 Å². The number of hydrogen-bond donors (Lipinski definition) is 1. The highest BCUT2D eigenvalue weighted by Crippen LogP contribution is 2.23. The first-order valence-corrected chi connectivity index (χ1v) is 10.9. The summed E-state index contributed by atoms with van der Waals surface area (Å²) in [5, 5.41) is 2.90. The minimum absolute atomic E-state index is 0.181. The molecule has 1 fully saturated rings. The quantitative estimate of drug-likeness (QED) is 0.852. The maximum atomic E-state index is 13.0. The third-order valence-corrected chi connectivity index (χ3v) is 6.93. The summed E-state index contributed by atoms with van der Waals surface area (Å²) in [6.07, 6.45) is 6.22. The van der Waals surface area contributed by atoms with Gasteiger partial charge in [0.05, 0.1) is 0 Å². The third-order valence-electron chi connectivity index (χ3n) is 5.06. The van der Waals surface area contributed by atoms with Crippen molar-refractivity contribution in [2.45, 2.75) is 43.9 Å². The number of carbonyl (C=O) groups excluding carboxylic acids is 1. The summed E-state index contributed by atoms with van der Waals surface area (Å²) >= 11 is 0. The van der Waals surface area contributed by atoms with Crippen LogP contribution in [0.25, 0.3) is 0 Å². The van der Waals surface area contributed by atoms with E-state index in [9.17, 15) is 13.2 Å². The molecular formula is C20H27N3O3S. The van der Waals surface area contributed by atoms with Crippen LogP contribution in [-0.2, 0) is 23.5 Å². The molecule has 2 aromatic rings. The van der Waals surface area contributed by atoms with Crippen LogP contribution in [0.2, 0.25) is 0 Å². The predicted molar refractivity (Wildman–Crippen MR) is 106 cm³/mol. The number of anilines is 1. The van der Waals surface area contributed by atoms with Gasteiger partial charge in [0.1, 0.15) is 10.6 Å². The lowest BCUT2D eigenvalue weighted by atomic mass is 10.1. The van der Waals surface area contributed by atoms with Crippen LogP contribution >= 0.6 is 0 Å². The Kier molecular flexibility index (Phi) is 6.01. The van der Waals surface area contributed by atoms with Gasteiger partial charge < -0.3 is 9.88 Å². The standard InChI is InChI=1S/C20H27N3O3S/c1-3-16-10-6-7-11-18(16)21-20(24)19-14-17(15-22(19)2)27(25,26)23-12-8-4-5-9-13-23/h6-7,10-11,14-15H,3-5,8-9,12-13H2,1-2H3,(H,21,24). The largest absolute Gasteiger partial charge is 0.345 e. The molecule has 3 rings (SSSR count). The van der Waals surface area contributed by atoms with Gasteiger partial charge in [0.25, 0.3) is 5.91 Å². The Morgan fingerprint density at radius 3 is 2.44 bits per heavy atom. The molecule has 0 bridgehead atoms. The second-order valence-corrected chi connectivity index (χ2v) is 8.89. The van der Waals surface area contributed by atoms with Crippen LogP contribution in [0, 0.1) is 0 Å². The van der Waals surface area contributed by atoms with Gasteiger partial charge in [0.15, 0.2) is 0 Å². The molecule has 146 valence electrons. The smallest absolute Gasteiger partial charge is 0.272 e. The van der Waals surface area contributed by atoms with Crippen LogP contribution in [0.5, 0.6) is 0 Å². The monoisotopic (exact) mass is 389 g/mol. The normalized spacial score (nSPS) is 16.1. The number of amides is 1. The number of sulfonamides is 1. The second kappa shape index (κ2) is 8.27. The molecule has 7 heteroatoms. The van der Waals surface area contributed by atoms with Crippen LogP contribution < -0.4 is 5.32 Å². The summed E-state index contributed by atoms with van der Waals surface area (Å²) in [7, 11) is -1.88. The fourth-order valence-corrected chi connectivity index (χ4v) is 5.06. The first-order chi connectivity index (χ1) is 12.9. The fourth-order valence-electron chi connectivity index (χ4n) is 3.47. The van der Waals surface area contributed by atoms with Crippen molar-refractivity contribution < 1.29 is 13.2 Å². The lowest BCUT2D eigenvalue weighted by Gasteiger charge is -2.18. The van der Waals surface area contributed by atoms with Gasteiger partial charge in [-0.1, -0.05) is 38.0 Å². The highest BCUT2D eigenvalue weighted by atomic mass is 32.2. The highest BCUT2D eigenvalue weighted by molar-refractivity contribution is 7.89. The number of hydrogen-bond acceptors (Lipinski definition) is 3. The van der Waals surface area contributed by atoms with Crippen molar-refractivity contribution >= 4 is 21.6 Å². The molecule has 1 N–H and O–H groups in total. The molecular weight excluding hydrogens is 362 g/mol. The van der Waals surface area contributed by atoms with Crippen LogP contribution in [-0.4, -0.2) is 36.3 Å². The zero-order chi connectivity index (χ0) is 19.4. The molecule has 27 heavy (non-hydrogen) atoms. The lowest BCUT2D eigenvalue weighted by molar-refractivity contribution is 0.101. The number of aryl methyl sites for hydroxylation is 2. The van der Waals surface area contributed by atoms with Crippen LogP contribution in [0.15, 0.2) is 41.4 Å². The van der Waals surface area contributed by atoms with E-state index in [1.54, 1.807) is 15.9 Å². The molecule has 1 aromatic carbocycles. The Bertz CT molecular complexity index is 910. The van der Waals surface area contributed by atoms with Gasteiger partial charge >= 0.3 is 0 Å². The van der Waals surface area contributed by atoms with E-state index in [4.69, 9.17) is 0 Å². The molecule has 1 aliphatic rings. The van der Waals surface area contributed by atoms with Crippen molar-refractivity contribution in [2.24, 2.45) is 7.05 Å². The molecule has 0 radical (unpaired) electrons. The first-order valence-electron chi connectivity index (χ1n) is 9.49. The number of aromatic nitrogens is 1. The molecule has 2 heterocycles. The summed E-state index contributed by atoms with van der Waals surface area (Å²) in [6.45, 7) is 3.12. The average Bonchev–Trinajstić information content (AvgIpc) is 2.87. The van der Waals surface area contributed by atoms with Gasteiger partial charge in [-0.05, 0) is 37.0 Å². The molecule has 0 saturated carbocycles. The average molecular weight is 390 g/mol. The molecule has 0 atom stereocenters. The predicted octanol–water partition coefficient (Wildman–Crippen LogP) is 3.40. The number of nitrogens with one attached hydrogen (secondary N) is 1. The minimum atomic E-state index is -3.57. The maximum absolute atomic E-state index is 13.0. The Morgan fingerprint density at radius 1 is 1.11 bits per heavy atom. The molecule has 1 aliphatic heterocycles. The van der Waals surface area contributed by atoms with E-state index in [-0.39, 0.29) is 10.8 Å². The van der Waals surface area contributed by atoms with Crippen molar-refractivity contribution in [1.29, 1.82) is 0 Å². The first kappa shape index (κ1) is 19.6. The molecule has 0 unspecified atom stereocenters. The number of para-hydroxylation sites is 1. The summed E-state index contributed by atoms with van der Waals surface area (Å²) in [5.41, 5.74) is 2.12. The number of nitrogens with zero attached hydrogens (tertiary/aromatic N) is 2. The third kappa shape index (κ3) is 4.25. The number of carbonyl (C=O) groups is 1.